The van der Waals surface area contributed by atoms with Crippen LogP contribution in [0.15, 0.2) is 24.5 Å². The summed E-state index contributed by atoms with van der Waals surface area (Å²) in [5, 5.41) is 3.56. The Hall–Kier alpha value is -0.800. The van der Waals surface area contributed by atoms with E-state index in [0.29, 0.717) is 18.1 Å². The largest absolute Gasteiger partial charge is 0.375 e. The van der Waals surface area contributed by atoms with Crippen LogP contribution in [0.3, 0.4) is 0 Å². The summed E-state index contributed by atoms with van der Waals surface area (Å²) in [6.45, 7) is 3.01. The highest BCUT2D eigenvalue weighted by atomic mass is 16.5. The van der Waals surface area contributed by atoms with Gasteiger partial charge >= 0.3 is 0 Å². The maximum atomic E-state index is 5.89. The van der Waals surface area contributed by atoms with Gasteiger partial charge in [-0.25, -0.2) is 0 Å². The van der Waals surface area contributed by atoms with Gasteiger partial charge in [0.1, 0.15) is 0 Å². The van der Waals surface area contributed by atoms with Crippen molar-refractivity contribution in [3.05, 3.63) is 24.5 Å². The third-order valence-corrected chi connectivity index (χ3v) is 3.64. The Kier molecular flexibility index (Phi) is 2.51. The summed E-state index contributed by atoms with van der Waals surface area (Å²) in [5.41, 5.74) is 0. The minimum atomic E-state index is 0.446. The van der Waals surface area contributed by atoms with Crippen molar-refractivity contribution < 1.29 is 4.74 Å². The summed E-state index contributed by atoms with van der Waals surface area (Å²) in [7, 11) is 0. The van der Waals surface area contributed by atoms with Gasteiger partial charge in [0.2, 0.25) is 0 Å². The lowest BCUT2D eigenvalue weighted by Gasteiger charge is -2.30. The van der Waals surface area contributed by atoms with Gasteiger partial charge in [-0.2, -0.15) is 0 Å². The fraction of sp³-hybridized carbons (Fsp3) is 0.667. The first-order valence-corrected chi connectivity index (χ1v) is 5.89. The van der Waals surface area contributed by atoms with Crippen LogP contribution in [0.1, 0.15) is 12.8 Å². The molecule has 1 aromatic rings. The highest BCUT2D eigenvalue weighted by molar-refractivity contribution is 4.96. The van der Waals surface area contributed by atoms with Gasteiger partial charge in [0.25, 0.3) is 0 Å². The number of aromatic nitrogens is 1. The summed E-state index contributed by atoms with van der Waals surface area (Å²) >= 11 is 0. The van der Waals surface area contributed by atoms with Gasteiger partial charge in [0, 0.05) is 37.4 Å². The molecule has 1 N–H and O–H groups in total. The molecule has 0 bridgehead atoms. The highest BCUT2D eigenvalue weighted by Crippen LogP contribution is 2.31. The van der Waals surface area contributed by atoms with Gasteiger partial charge in [-0.15, -0.1) is 0 Å². The molecule has 2 fully saturated rings. The predicted molar refractivity (Wildman–Crippen MR) is 58.7 cm³/mol. The Balaban J connectivity index is 1.67. The summed E-state index contributed by atoms with van der Waals surface area (Å²) in [5.74, 6) is 0.690. The molecule has 1 aliphatic carbocycles. The topological polar surface area (TPSA) is 26.2 Å². The first kappa shape index (κ1) is 9.43. The lowest BCUT2D eigenvalue weighted by atomic mass is 10.0. The van der Waals surface area contributed by atoms with E-state index >= 15 is 0 Å². The van der Waals surface area contributed by atoms with Crippen molar-refractivity contribution in [3.63, 3.8) is 0 Å². The van der Waals surface area contributed by atoms with E-state index in [0.717, 1.165) is 19.7 Å². The van der Waals surface area contributed by atoms with Gasteiger partial charge in [-0.05, 0) is 25.0 Å². The van der Waals surface area contributed by atoms with Crippen molar-refractivity contribution >= 4 is 0 Å². The molecule has 3 unspecified atom stereocenters. The lowest BCUT2D eigenvalue weighted by molar-refractivity contribution is -0.0179. The number of fused-ring (bicyclic) bond motifs is 1. The molecular weight excluding hydrogens is 188 g/mol. The maximum Gasteiger partial charge on any atom is 0.0773 e. The van der Waals surface area contributed by atoms with Crippen LogP contribution in [0.25, 0.3) is 0 Å². The fourth-order valence-electron chi connectivity index (χ4n) is 2.92. The summed E-state index contributed by atoms with van der Waals surface area (Å²) in [4.78, 5) is 0. The van der Waals surface area contributed by atoms with Crippen LogP contribution in [0, 0.1) is 5.92 Å². The summed E-state index contributed by atoms with van der Waals surface area (Å²) in [6.07, 6.45) is 7.30. The molecular formula is C12H18N2O. The second-order valence-corrected chi connectivity index (χ2v) is 4.61. The van der Waals surface area contributed by atoms with E-state index in [1.165, 1.54) is 12.8 Å². The molecule has 0 spiro atoms. The van der Waals surface area contributed by atoms with E-state index in [9.17, 15) is 0 Å². The van der Waals surface area contributed by atoms with Gasteiger partial charge in [-0.1, -0.05) is 0 Å². The van der Waals surface area contributed by atoms with Crippen molar-refractivity contribution in [1.29, 1.82) is 0 Å². The standard InChI is InChI=1S/C12H18N2O/c1-2-7-14(6-1)9-10-3-4-11-12(10)15-8-5-13-11/h1-2,6-7,10-13H,3-5,8-9H2. The molecule has 0 aromatic carbocycles. The van der Waals surface area contributed by atoms with Crippen LogP contribution in [-0.4, -0.2) is 29.9 Å². The minimum absolute atomic E-state index is 0.446. The van der Waals surface area contributed by atoms with Crippen LogP contribution >= 0.6 is 0 Å². The number of morpholine rings is 1. The summed E-state index contributed by atoms with van der Waals surface area (Å²) < 4.78 is 8.16. The first-order chi connectivity index (χ1) is 7.43. The maximum absolute atomic E-state index is 5.89. The third kappa shape index (κ3) is 1.82. The van der Waals surface area contributed by atoms with E-state index in [2.05, 4.69) is 34.4 Å². The SMILES string of the molecule is c1ccn(CC2CCC3NCCOC23)c1. The van der Waals surface area contributed by atoms with Crippen LogP contribution in [0.2, 0.25) is 0 Å². The minimum Gasteiger partial charge on any atom is -0.375 e. The molecule has 2 aliphatic rings. The third-order valence-electron chi connectivity index (χ3n) is 3.64. The van der Waals surface area contributed by atoms with Gasteiger partial charge in [0.05, 0.1) is 12.7 Å². The molecule has 1 aliphatic heterocycles. The van der Waals surface area contributed by atoms with Gasteiger partial charge in [-0.3, -0.25) is 0 Å². The molecule has 3 nitrogen and oxygen atoms in total. The van der Waals surface area contributed by atoms with Crippen molar-refractivity contribution in [3.8, 4) is 0 Å². The number of hydrogen-bond acceptors (Lipinski definition) is 2. The van der Waals surface area contributed by atoms with Crippen LogP contribution in [-0.2, 0) is 11.3 Å². The molecule has 3 atom stereocenters. The zero-order chi connectivity index (χ0) is 10.1. The van der Waals surface area contributed by atoms with Gasteiger partial charge < -0.3 is 14.6 Å². The average molecular weight is 206 g/mol. The molecule has 0 radical (unpaired) electrons. The van der Waals surface area contributed by atoms with Crippen molar-refractivity contribution in [1.82, 2.24) is 9.88 Å². The molecule has 3 rings (SSSR count). The fourth-order valence-corrected chi connectivity index (χ4v) is 2.92. The zero-order valence-corrected chi connectivity index (χ0v) is 8.93. The quantitative estimate of drug-likeness (QED) is 0.788. The second-order valence-electron chi connectivity index (χ2n) is 4.61. The summed E-state index contributed by atoms with van der Waals surface area (Å²) in [6, 6.07) is 4.79. The Morgan fingerprint density at radius 3 is 3.00 bits per heavy atom. The Morgan fingerprint density at radius 2 is 2.13 bits per heavy atom. The van der Waals surface area contributed by atoms with Crippen LogP contribution in [0.5, 0.6) is 0 Å². The monoisotopic (exact) mass is 206 g/mol. The van der Waals surface area contributed by atoms with Crippen molar-refractivity contribution in [2.45, 2.75) is 31.5 Å². The van der Waals surface area contributed by atoms with Crippen LogP contribution in [0.4, 0.5) is 0 Å². The number of hydrogen-bond donors (Lipinski definition) is 1. The molecule has 15 heavy (non-hydrogen) atoms. The number of ether oxygens (including phenoxy) is 1. The van der Waals surface area contributed by atoms with E-state index in [1.807, 2.05) is 0 Å². The lowest BCUT2D eigenvalue weighted by Crippen LogP contribution is -2.47. The molecule has 1 saturated heterocycles. The Morgan fingerprint density at radius 1 is 1.27 bits per heavy atom. The Labute approximate surface area is 90.4 Å². The normalized spacial score (nSPS) is 35.3. The zero-order valence-electron chi connectivity index (χ0n) is 8.93. The van der Waals surface area contributed by atoms with Gasteiger partial charge in [0.15, 0.2) is 0 Å². The average Bonchev–Trinajstić information content (AvgIpc) is 2.89. The number of rotatable bonds is 2. The highest BCUT2D eigenvalue weighted by Gasteiger charge is 2.38. The first-order valence-electron chi connectivity index (χ1n) is 5.89. The number of nitrogens with zero attached hydrogens (tertiary/aromatic N) is 1. The predicted octanol–water partition coefficient (Wildman–Crippen LogP) is 1.26. The molecule has 0 amide bonds. The van der Waals surface area contributed by atoms with Crippen molar-refractivity contribution in [2.24, 2.45) is 5.92 Å². The molecule has 2 heterocycles. The second kappa shape index (κ2) is 3.99. The van der Waals surface area contributed by atoms with E-state index < -0.39 is 0 Å². The molecule has 1 saturated carbocycles. The van der Waals surface area contributed by atoms with E-state index in [-0.39, 0.29) is 0 Å². The molecule has 1 aromatic heterocycles. The van der Waals surface area contributed by atoms with Crippen LogP contribution < -0.4 is 5.32 Å². The molecule has 82 valence electrons. The van der Waals surface area contributed by atoms with E-state index in [4.69, 9.17) is 4.74 Å². The van der Waals surface area contributed by atoms with E-state index in [1.54, 1.807) is 0 Å². The molecule has 3 heteroatoms. The smallest absolute Gasteiger partial charge is 0.0773 e. The van der Waals surface area contributed by atoms with Crippen molar-refractivity contribution in [2.75, 3.05) is 13.2 Å². The number of nitrogens with one attached hydrogen (secondary N) is 1. The Bertz CT molecular complexity index is 309.